The number of ketones is 1. The van der Waals surface area contributed by atoms with E-state index in [9.17, 15) is 4.79 Å². The molecule has 0 saturated carbocycles. The van der Waals surface area contributed by atoms with Gasteiger partial charge in [0.15, 0.2) is 0 Å². The number of carbonyl (C=O) groups excluding carboxylic acids is 1. The molecule has 1 aromatic heterocycles. The van der Waals surface area contributed by atoms with Crippen molar-refractivity contribution in [3.63, 3.8) is 0 Å². The summed E-state index contributed by atoms with van der Waals surface area (Å²) in [7, 11) is 1.65. The van der Waals surface area contributed by atoms with Gasteiger partial charge in [-0.1, -0.05) is 6.92 Å². The van der Waals surface area contributed by atoms with E-state index in [1.54, 1.807) is 7.11 Å². The first-order valence-electron chi connectivity index (χ1n) is 5.82. The number of ether oxygens (including phenoxy) is 1. The number of aromatic nitrogens is 1. The third-order valence-corrected chi connectivity index (χ3v) is 3.09. The van der Waals surface area contributed by atoms with E-state index in [-0.39, 0.29) is 30.6 Å². The molecule has 1 N–H and O–H groups in total. The fraction of sp³-hybridized carbons (Fsp3) is 0.357. The van der Waals surface area contributed by atoms with Crippen molar-refractivity contribution >= 4 is 16.7 Å². The van der Waals surface area contributed by atoms with Crippen LogP contribution in [-0.4, -0.2) is 17.9 Å². The minimum Gasteiger partial charge on any atom is -1.00 e. The van der Waals surface area contributed by atoms with Gasteiger partial charge in [-0.2, -0.15) is 0 Å². The average molecular weight is 302 g/mol. The molecule has 0 amide bonds. The maximum atomic E-state index is 11.6. The number of nitrogens with one attached hydrogen (secondary N) is 1. The zero-order chi connectivity index (χ0) is 12.4. The molecule has 2 aromatic rings. The topological polar surface area (TPSA) is 42.1 Å². The minimum absolute atomic E-state index is 0. The zero-order valence-electron chi connectivity index (χ0n) is 11.2. The highest BCUT2D eigenvalue weighted by molar-refractivity contribution is 5.91. The lowest BCUT2D eigenvalue weighted by molar-refractivity contribution is -0.118. The molecule has 0 aliphatic heterocycles. The van der Waals surface area contributed by atoms with E-state index in [0.29, 0.717) is 12.8 Å². The van der Waals surface area contributed by atoms with Crippen molar-refractivity contribution in [3.05, 3.63) is 29.5 Å². The summed E-state index contributed by atoms with van der Waals surface area (Å²) < 4.78 is 5.22. The Hall–Kier alpha value is -1.19. The normalized spacial score (nSPS) is 9.63. The van der Waals surface area contributed by atoms with Crippen LogP contribution in [0.15, 0.2) is 18.2 Å². The number of hydrogen-bond donors (Lipinski definition) is 1. The second kappa shape index (κ2) is 7.41. The molecule has 1 aromatic carbocycles. The van der Waals surface area contributed by atoms with Crippen LogP contribution in [0.1, 0.15) is 24.6 Å². The Labute approximate surface area is 125 Å². The summed E-state index contributed by atoms with van der Waals surface area (Å²) in [6.07, 6.45) is 1.07. The largest absolute Gasteiger partial charge is 1.00 e. The van der Waals surface area contributed by atoms with E-state index in [4.69, 9.17) is 4.74 Å². The third-order valence-electron chi connectivity index (χ3n) is 3.09. The Morgan fingerprint density at radius 3 is 2.58 bits per heavy atom. The maximum absolute atomic E-state index is 11.6. The number of fused-ring (bicyclic) bond motifs is 1. The van der Waals surface area contributed by atoms with Gasteiger partial charge in [-0.25, -0.2) is 0 Å². The van der Waals surface area contributed by atoms with E-state index >= 15 is 0 Å². The summed E-state index contributed by atoms with van der Waals surface area (Å²) >= 11 is 0. The second-order valence-corrected chi connectivity index (χ2v) is 4.21. The van der Waals surface area contributed by atoms with Crippen molar-refractivity contribution in [1.82, 2.24) is 4.98 Å². The molecule has 3 nitrogen and oxygen atoms in total. The third kappa shape index (κ3) is 3.64. The molecule has 0 bridgehead atoms. The Balaban J connectivity index is 0.00000162. The Kier molecular flexibility index (Phi) is 6.95. The fourth-order valence-electron chi connectivity index (χ4n) is 2.04. The van der Waals surface area contributed by atoms with Gasteiger partial charge < -0.3 is 34.5 Å². The molecule has 0 spiro atoms. The molecule has 1 heterocycles. The van der Waals surface area contributed by atoms with Crippen LogP contribution in [0.3, 0.4) is 0 Å². The standard InChI is InChI=1S/C14H17NO2.2ClH/c1-4-10(16)7-12-9(2)15-14-6-5-11(17-3)8-13(12)14;;/h5-6,8,15H,4,7H2,1-3H3;2*1H/p-2. The summed E-state index contributed by atoms with van der Waals surface area (Å²) in [4.78, 5) is 14.9. The molecule has 19 heavy (non-hydrogen) atoms. The number of hydrogen-bond acceptors (Lipinski definition) is 2. The van der Waals surface area contributed by atoms with Gasteiger partial charge in [0, 0.05) is 29.4 Å². The maximum Gasteiger partial charge on any atom is 0.137 e. The molecule has 106 valence electrons. The van der Waals surface area contributed by atoms with Crippen LogP contribution in [0, 0.1) is 6.92 Å². The molecule has 0 atom stereocenters. The van der Waals surface area contributed by atoms with Crippen molar-refractivity contribution in [2.75, 3.05) is 7.11 Å². The van der Waals surface area contributed by atoms with E-state index in [2.05, 4.69) is 4.98 Å². The minimum atomic E-state index is 0. The van der Waals surface area contributed by atoms with E-state index in [1.165, 1.54) is 0 Å². The van der Waals surface area contributed by atoms with E-state index in [0.717, 1.165) is 27.9 Å². The first kappa shape index (κ1) is 17.8. The Bertz CT molecular complexity index is 564. The molecule has 0 unspecified atom stereocenters. The summed E-state index contributed by atoms with van der Waals surface area (Å²) in [5, 5.41) is 1.09. The van der Waals surface area contributed by atoms with E-state index in [1.807, 2.05) is 32.0 Å². The molecule has 0 aliphatic rings. The highest BCUT2D eigenvalue weighted by atomic mass is 35.5. The van der Waals surface area contributed by atoms with Crippen LogP contribution < -0.4 is 29.6 Å². The number of aryl methyl sites for hydroxylation is 1. The lowest BCUT2D eigenvalue weighted by Gasteiger charge is -2.02. The van der Waals surface area contributed by atoms with Crippen molar-refractivity contribution in [1.29, 1.82) is 0 Å². The number of halogens is 2. The second-order valence-electron chi connectivity index (χ2n) is 4.21. The Morgan fingerprint density at radius 1 is 1.32 bits per heavy atom. The van der Waals surface area contributed by atoms with Crippen LogP contribution in [0.2, 0.25) is 0 Å². The highest BCUT2D eigenvalue weighted by Gasteiger charge is 2.12. The predicted molar refractivity (Wildman–Crippen MR) is 68.6 cm³/mol. The van der Waals surface area contributed by atoms with Gasteiger partial charge in [0.1, 0.15) is 11.5 Å². The SMILES string of the molecule is CCC(=O)Cc1c(C)[nH]c2ccc(OC)cc12.[Cl-].[Cl-]. The van der Waals surface area contributed by atoms with Gasteiger partial charge in [-0.05, 0) is 30.7 Å². The fourth-order valence-corrected chi connectivity index (χ4v) is 2.04. The van der Waals surface area contributed by atoms with Gasteiger partial charge in [-0.3, -0.25) is 4.79 Å². The summed E-state index contributed by atoms with van der Waals surface area (Å²) in [6, 6.07) is 5.89. The van der Waals surface area contributed by atoms with Crippen LogP contribution in [-0.2, 0) is 11.2 Å². The molecule has 5 heteroatoms. The predicted octanol–water partition coefficient (Wildman–Crippen LogP) is -2.99. The molecule has 0 saturated heterocycles. The summed E-state index contributed by atoms with van der Waals surface area (Å²) in [5.74, 6) is 1.08. The molecule has 0 radical (unpaired) electrons. The van der Waals surface area contributed by atoms with Crippen LogP contribution in [0.5, 0.6) is 5.75 Å². The van der Waals surface area contributed by atoms with Crippen molar-refractivity contribution in [3.8, 4) is 5.75 Å². The number of aromatic amines is 1. The number of rotatable bonds is 4. The Morgan fingerprint density at radius 2 is 2.00 bits per heavy atom. The van der Waals surface area contributed by atoms with E-state index < -0.39 is 0 Å². The number of carbonyl (C=O) groups is 1. The number of benzene rings is 1. The average Bonchev–Trinajstić information content (AvgIpc) is 2.65. The number of H-pyrrole nitrogens is 1. The highest BCUT2D eigenvalue weighted by Crippen LogP contribution is 2.26. The lowest BCUT2D eigenvalue weighted by Crippen LogP contribution is -3.00. The first-order chi connectivity index (χ1) is 8.15. The van der Waals surface area contributed by atoms with Gasteiger partial charge in [0.05, 0.1) is 7.11 Å². The van der Waals surface area contributed by atoms with Crippen LogP contribution in [0.4, 0.5) is 0 Å². The van der Waals surface area contributed by atoms with Gasteiger partial charge in [-0.15, -0.1) is 0 Å². The van der Waals surface area contributed by atoms with Crippen molar-refractivity contribution in [2.24, 2.45) is 0 Å². The molecular formula is C14H17Cl2NO2-2. The quantitative estimate of drug-likeness (QED) is 0.655. The smallest absolute Gasteiger partial charge is 0.137 e. The zero-order valence-corrected chi connectivity index (χ0v) is 12.7. The summed E-state index contributed by atoms with van der Waals surface area (Å²) in [6.45, 7) is 3.90. The number of methoxy groups -OCH3 is 1. The van der Waals surface area contributed by atoms with Crippen LogP contribution in [0.25, 0.3) is 10.9 Å². The first-order valence-corrected chi connectivity index (χ1v) is 5.82. The lowest BCUT2D eigenvalue weighted by atomic mass is 10.0. The van der Waals surface area contributed by atoms with Gasteiger partial charge in [0.2, 0.25) is 0 Å². The van der Waals surface area contributed by atoms with Crippen molar-refractivity contribution < 1.29 is 34.3 Å². The summed E-state index contributed by atoms with van der Waals surface area (Å²) in [5.41, 5.74) is 3.21. The number of Topliss-reactive ketones (excluding diaryl/α,β-unsaturated/α-hetero) is 1. The van der Waals surface area contributed by atoms with Crippen LogP contribution >= 0.6 is 0 Å². The van der Waals surface area contributed by atoms with Gasteiger partial charge >= 0.3 is 0 Å². The molecular weight excluding hydrogens is 285 g/mol. The van der Waals surface area contributed by atoms with Crippen molar-refractivity contribution in [2.45, 2.75) is 26.7 Å². The monoisotopic (exact) mass is 301 g/mol. The van der Waals surface area contributed by atoms with Gasteiger partial charge in [0.25, 0.3) is 0 Å². The molecule has 2 rings (SSSR count). The molecule has 0 aliphatic carbocycles. The molecule has 0 fully saturated rings.